The van der Waals surface area contributed by atoms with Crippen molar-refractivity contribution in [1.82, 2.24) is 25.2 Å². The summed E-state index contributed by atoms with van der Waals surface area (Å²) in [7, 11) is 0. The number of hydrogen-bond donors (Lipinski definition) is 2. The quantitative estimate of drug-likeness (QED) is 0.330. The van der Waals surface area contributed by atoms with Gasteiger partial charge in [0.15, 0.2) is 0 Å². The SMILES string of the molecule is Cc1nc(Cl)cc(NNC(=O)c2cn(Cc3ccccc3)nc2-c2ccc(C)c(C)c2)n1. The predicted octanol–water partition coefficient (Wildman–Crippen LogP) is 4.72. The fraction of sp³-hybridized carbons (Fsp3) is 0.167. The molecule has 0 radical (unpaired) electrons. The highest BCUT2D eigenvalue weighted by Gasteiger charge is 2.19. The second-order valence-corrected chi connectivity index (χ2v) is 7.96. The molecule has 0 aliphatic heterocycles. The van der Waals surface area contributed by atoms with Crippen LogP contribution in [0.15, 0.2) is 60.8 Å². The van der Waals surface area contributed by atoms with Gasteiger partial charge in [-0.2, -0.15) is 5.10 Å². The molecule has 0 bridgehead atoms. The maximum Gasteiger partial charge on any atom is 0.273 e. The van der Waals surface area contributed by atoms with E-state index in [1.54, 1.807) is 17.8 Å². The van der Waals surface area contributed by atoms with Gasteiger partial charge < -0.3 is 0 Å². The lowest BCUT2D eigenvalue weighted by molar-refractivity contribution is 0.0963. The van der Waals surface area contributed by atoms with E-state index in [2.05, 4.69) is 27.7 Å². The molecular formula is C24H23ClN6O. The monoisotopic (exact) mass is 446 g/mol. The molecule has 4 rings (SSSR count). The first-order valence-corrected chi connectivity index (χ1v) is 10.5. The Hall–Kier alpha value is -3.71. The zero-order valence-corrected chi connectivity index (χ0v) is 18.8. The number of halogens is 1. The van der Waals surface area contributed by atoms with Gasteiger partial charge >= 0.3 is 0 Å². The average Bonchev–Trinajstić information content (AvgIpc) is 3.18. The van der Waals surface area contributed by atoms with E-state index >= 15 is 0 Å². The summed E-state index contributed by atoms with van der Waals surface area (Å²) < 4.78 is 1.78. The van der Waals surface area contributed by atoms with Crippen LogP contribution in [-0.4, -0.2) is 25.7 Å². The average molecular weight is 447 g/mol. The molecule has 2 N–H and O–H groups in total. The lowest BCUT2D eigenvalue weighted by Crippen LogP contribution is -2.30. The van der Waals surface area contributed by atoms with Crippen LogP contribution in [0.5, 0.6) is 0 Å². The molecule has 0 aliphatic carbocycles. The van der Waals surface area contributed by atoms with Crippen molar-refractivity contribution in [3.05, 3.63) is 94.0 Å². The minimum atomic E-state index is -0.329. The second kappa shape index (κ2) is 9.20. The van der Waals surface area contributed by atoms with E-state index in [9.17, 15) is 4.79 Å². The lowest BCUT2D eigenvalue weighted by atomic mass is 10.0. The summed E-state index contributed by atoms with van der Waals surface area (Å²) in [6, 6.07) is 17.6. The lowest BCUT2D eigenvalue weighted by Gasteiger charge is -2.09. The number of carbonyl (C=O) groups is 1. The first-order chi connectivity index (χ1) is 15.4. The third-order valence-electron chi connectivity index (χ3n) is 5.08. The summed E-state index contributed by atoms with van der Waals surface area (Å²) in [4.78, 5) is 21.3. The van der Waals surface area contributed by atoms with E-state index < -0.39 is 0 Å². The first-order valence-electron chi connectivity index (χ1n) is 10.2. The van der Waals surface area contributed by atoms with Crippen molar-refractivity contribution in [3.63, 3.8) is 0 Å². The molecule has 8 heteroatoms. The molecule has 0 aliphatic rings. The number of hydrogen-bond acceptors (Lipinski definition) is 5. The number of anilines is 1. The number of rotatable bonds is 6. The highest BCUT2D eigenvalue weighted by atomic mass is 35.5. The fourth-order valence-corrected chi connectivity index (χ4v) is 3.55. The standard InChI is InChI=1S/C24H23ClN6O/c1-15-9-10-19(11-16(15)2)23-20(14-31(30-23)13-18-7-5-4-6-8-18)24(32)29-28-22-12-21(25)26-17(3)27-22/h4-12,14H,13H2,1-3H3,(H,29,32)(H,26,27,28). The summed E-state index contributed by atoms with van der Waals surface area (Å²) in [5, 5.41) is 5.02. The number of nitrogens with one attached hydrogen (secondary N) is 2. The van der Waals surface area contributed by atoms with Crippen LogP contribution in [0.4, 0.5) is 5.82 Å². The Kier molecular flexibility index (Phi) is 6.18. The van der Waals surface area contributed by atoms with Crippen LogP contribution in [0.1, 0.15) is 32.9 Å². The van der Waals surface area contributed by atoms with Crippen LogP contribution in [-0.2, 0) is 6.54 Å². The third-order valence-corrected chi connectivity index (χ3v) is 5.28. The Bertz CT molecular complexity index is 1250. The van der Waals surface area contributed by atoms with Gasteiger partial charge in [-0.25, -0.2) is 9.97 Å². The molecule has 0 saturated heterocycles. The highest BCUT2D eigenvalue weighted by Crippen LogP contribution is 2.25. The number of hydrazine groups is 1. The Morgan fingerprint density at radius 2 is 1.78 bits per heavy atom. The topological polar surface area (TPSA) is 84.7 Å². The van der Waals surface area contributed by atoms with Crippen LogP contribution in [0.3, 0.4) is 0 Å². The summed E-state index contributed by atoms with van der Waals surface area (Å²) in [5.74, 6) is 0.575. The van der Waals surface area contributed by atoms with Crippen LogP contribution in [0.2, 0.25) is 5.15 Å². The summed E-state index contributed by atoms with van der Waals surface area (Å²) in [6.45, 7) is 6.38. The van der Waals surface area contributed by atoms with Crippen molar-refractivity contribution in [3.8, 4) is 11.3 Å². The smallest absolute Gasteiger partial charge is 0.273 e. The highest BCUT2D eigenvalue weighted by molar-refractivity contribution is 6.29. The van der Waals surface area contributed by atoms with E-state index in [1.165, 1.54) is 11.6 Å². The van der Waals surface area contributed by atoms with Crippen molar-refractivity contribution >= 4 is 23.3 Å². The zero-order chi connectivity index (χ0) is 22.7. The Morgan fingerprint density at radius 3 is 2.50 bits per heavy atom. The fourth-order valence-electron chi connectivity index (χ4n) is 3.32. The number of aryl methyl sites for hydroxylation is 3. The van der Waals surface area contributed by atoms with Gasteiger partial charge in [-0.1, -0.05) is 54.1 Å². The van der Waals surface area contributed by atoms with Crippen molar-refractivity contribution in [2.24, 2.45) is 0 Å². The second-order valence-electron chi connectivity index (χ2n) is 7.58. The van der Waals surface area contributed by atoms with Crippen molar-refractivity contribution in [1.29, 1.82) is 0 Å². The largest absolute Gasteiger partial charge is 0.281 e. The van der Waals surface area contributed by atoms with E-state index in [1.807, 2.05) is 55.5 Å². The van der Waals surface area contributed by atoms with Crippen LogP contribution in [0, 0.1) is 20.8 Å². The molecule has 4 aromatic rings. The molecule has 162 valence electrons. The molecule has 0 unspecified atom stereocenters. The van der Waals surface area contributed by atoms with Gasteiger partial charge in [-0.05, 0) is 43.5 Å². The van der Waals surface area contributed by atoms with Gasteiger partial charge in [-0.15, -0.1) is 0 Å². The van der Waals surface area contributed by atoms with Gasteiger partial charge in [0, 0.05) is 17.8 Å². The molecule has 2 aromatic heterocycles. The first kappa shape index (κ1) is 21.5. The number of aromatic nitrogens is 4. The molecule has 32 heavy (non-hydrogen) atoms. The molecule has 0 atom stereocenters. The molecule has 2 aromatic carbocycles. The molecule has 7 nitrogen and oxygen atoms in total. The third kappa shape index (κ3) is 4.95. The predicted molar refractivity (Wildman–Crippen MR) is 126 cm³/mol. The van der Waals surface area contributed by atoms with E-state index in [4.69, 9.17) is 16.7 Å². The maximum absolute atomic E-state index is 13.1. The van der Waals surface area contributed by atoms with Crippen LogP contribution >= 0.6 is 11.6 Å². The molecule has 1 amide bonds. The molecule has 0 fully saturated rings. The van der Waals surface area contributed by atoms with Gasteiger partial charge in [-0.3, -0.25) is 20.3 Å². The minimum Gasteiger partial charge on any atom is -0.281 e. The number of nitrogens with zero attached hydrogens (tertiary/aromatic N) is 4. The Morgan fingerprint density at radius 1 is 1.00 bits per heavy atom. The summed E-state index contributed by atoms with van der Waals surface area (Å²) in [6.07, 6.45) is 1.76. The number of amides is 1. The molecule has 0 spiro atoms. The van der Waals surface area contributed by atoms with E-state index in [0.717, 1.165) is 16.7 Å². The normalized spacial score (nSPS) is 10.8. The summed E-state index contributed by atoms with van der Waals surface area (Å²) >= 11 is 5.98. The van der Waals surface area contributed by atoms with Crippen LogP contribution < -0.4 is 10.9 Å². The maximum atomic E-state index is 13.1. The molecular weight excluding hydrogens is 424 g/mol. The molecule has 2 heterocycles. The van der Waals surface area contributed by atoms with E-state index in [0.29, 0.717) is 34.6 Å². The Labute approximate surface area is 191 Å². The minimum absolute atomic E-state index is 0.292. The number of benzene rings is 2. The zero-order valence-electron chi connectivity index (χ0n) is 18.1. The Balaban J connectivity index is 1.64. The van der Waals surface area contributed by atoms with Gasteiger partial charge in [0.05, 0.1) is 12.1 Å². The van der Waals surface area contributed by atoms with Crippen molar-refractivity contribution < 1.29 is 4.79 Å². The van der Waals surface area contributed by atoms with Gasteiger partial charge in [0.1, 0.15) is 22.5 Å². The van der Waals surface area contributed by atoms with Crippen LogP contribution in [0.25, 0.3) is 11.3 Å². The van der Waals surface area contributed by atoms with Crippen molar-refractivity contribution in [2.75, 3.05) is 5.43 Å². The summed E-state index contributed by atoms with van der Waals surface area (Å²) in [5.41, 5.74) is 10.9. The molecule has 0 saturated carbocycles. The number of carbonyl (C=O) groups excluding carboxylic acids is 1. The van der Waals surface area contributed by atoms with Crippen molar-refractivity contribution in [2.45, 2.75) is 27.3 Å². The van der Waals surface area contributed by atoms with E-state index in [-0.39, 0.29) is 5.91 Å². The van der Waals surface area contributed by atoms with Gasteiger partial charge in [0.2, 0.25) is 0 Å². The van der Waals surface area contributed by atoms with Gasteiger partial charge in [0.25, 0.3) is 5.91 Å².